The van der Waals surface area contributed by atoms with Crippen molar-refractivity contribution >= 4 is 27.6 Å². The molecule has 0 saturated carbocycles. The quantitative estimate of drug-likeness (QED) is 0.276. The number of hydrogen-bond donors (Lipinski definition) is 1. The first-order valence-corrected chi connectivity index (χ1v) is 11.2. The Balaban J connectivity index is 1.63. The first kappa shape index (κ1) is 21.1. The van der Waals surface area contributed by atoms with E-state index in [0.29, 0.717) is 5.82 Å². The number of rotatable bonds is 8. The number of methoxy groups -OCH3 is 1. The first-order valence-electron chi connectivity index (χ1n) is 11.2. The molecule has 0 bridgehead atoms. The SMILES string of the molecule is CCCCCc1ccc2c(c1)nc(N)c1ncc(CCc3ccc(OC)cc3C)cc12. The number of nitrogens with zero attached hydrogens (tertiary/aromatic N) is 2. The van der Waals surface area contributed by atoms with Crippen LogP contribution in [0, 0.1) is 6.92 Å². The fourth-order valence-electron chi connectivity index (χ4n) is 4.22. The van der Waals surface area contributed by atoms with Crippen LogP contribution in [0.5, 0.6) is 5.75 Å². The number of fused-ring (bicyclic) bond motifs is 3. The summed E-state index contributed by atoms with van der Waals surface area (Å²) < 4.78 is 5.32. The smallest absolute Gasteiger partial charge is 0.150 e. The Kier molecular flexibility index (Phi) is 6.36. The van der Waals surface area contributed by atoms with E-state index in [0.717, 1.165) is 46.8 Å². The number of aromatic nitrogens is 2. The number of unbranched alkanes of at least 4 members (excludes halogenated alkanes) is 2. The molecule has 4 aromatic rings. The molecule has 2 aromatic carbocycles. The minimum absolute atomic E-state index is 0.505. The van der Waals surface area contributed by atoms with Crippen LogP contribution >= 0.6 is 0 Å². The van der Waals surface area contributed by atoms with Crippen molar-refractivity contribution in [3.05, 3.63) is 70.9 Å². The zero-order valence-electron chi connectivity index (χ0n) is 18.7. The van der Waals surface area contributed by atoms with Crippen LogP contribution < -0.4 is 10.5 Å². The monoisotopic (exact) mass is 413 g/mol. The van der Waals surface area contributed by atoms with Crippen LogP contribution in [-0.2, 0) is 19.3 Å². The Morgan fingerprint density at radius 3 is 2.55 bits per heavy atom. The van der Waals surface area contributed by atoms with Gasteiger partial charge in [-0.15, -0.1) is 0 Å². The van der Waals surface area contributed by atoms with Crippen LogP contribution in [0.1, 0.15) is 48.4 Å². The molecule has 0 fully saturated rings. The Bertz CT molecular complexity index is 1220. The number of benzene rings is 2. The van der Waals surface area contributed by atoms with Crippen molar-refractivity contribution in [3.63, 3.8) is 0 Å². The van der Waals surface area contributed by atoms with Crippen LogP contribution in [0.3, 0.4) is 0 Å². The van der Waals surface area contributed by atoms with Gasteiger partial charge in [0, 0.05) is 17.0 Å². The maximum absolute atomic E-state index is 6.27. The Morgan fingerprint density at radius 2 is 1.77 bits per heavy atom. The van der Waals surface area contributed by atoms with Crippen molar-refractivity contribution in [2.24, 2.45) is 0 Å². The summed E-state index contributed by atoms with van der Waals surface area (Å²) in [6, 6.07) is 15.1. The van der Waals surface area contributed by atoms with Crippen LogP contribution in [0.4, 0.5) is 5.82 Å². The summed E-state index contributed by atoms with van der Waals surface area (Å²) >= 11 is 0. The van der Waals surface area contributed by atoms with Crippen molar-refractivity contribution in [2.75, 3.05) is 12.8 Å². The molecule has 2 heterocycles. The minimum atomic E-state index is 0.505. The second-order valence-corrected chi connectivity index (χ2v) is 8.34. The van der Waals surface area contributed by atoms with Gasteiger partial charge in [-0.1, -0.05) is 38.0 Å². The third kappa shape index (κ3) is 4.63. The van der Waals surface area contributed by atoms with Gasteiger partial charge in [0.1, 0.15) is 11.3 Å². The van der Waals surface area contributed by atoms with E-state index in [1.54, 1.807) is 7.11 Å². The van der Waals surface area contributed by atoms with Crippen molar-refractivity contribution in [2.45, 2.75) is 52.4 Å². The lowest BCUT2D eigenvalue weighted by Crippen LogP contribution is -1.99. The molecular weight excluding hydrogens is 382 g/mol. The van der Waals surface area contributed by atoms with Gasteiger partial charge >= 0.3 is 0 Å². The van der Waals surface area contributed by atoms with Gasteiger partial charge in [-0.25, -0.2) is 4.98 Å². The molecule has 0 spiro atoms. The predicted octanol–water partition coefficient (Wildman–Crippen LogP) is 6.20. The highest BCUT2D eigenvalue weighted by Gasteiger charge is 2.10. The zero-order chi connectivity index (χ0) is 21.8. The van der Waals surface area contributed by atoms with Gasteiger partial charge in [0.25, 0.3) is 0 Å². The number of pyridine rings is 2. The van der Waals surface area contributed by atoms with Crippen LogP contribution in [0.2, 0.25) is 0 Å². The maximum Gasteiger partial charge on any atom is 0.150 e. The van der Waals surface area contributed by atoms with Crippen molar-refractivity contribution in [1.82, 2.24) is 9.97 Å². The summed E-state index contributed by atoms with van der Waals surface area (Å²) in [4.78, 5) is 9.32. The largest absolute Gasteiger partial charge is 0.497 e. The molecule has 0 aliphatic heterocycles. The molecule has 4 heteroatoms. The van der Waals surface area contributed by atoms with Crippen molar-refractivity contribution in [1.29, 1.82) is 0 Å². The number of ether oxygens (including phenoxy) is 1. The molecule has 0 unspecified atom stereocenters. The second-order valence-electron chi connectivity index (χ2n) is 8.34. The lowest BCUT2D eigenvalue weighted by molar-refractivity contribution is 0.414. The molecular formula is C27H31N3O. The summed E-state index contributed by atoms with van der Waals surface area (Å²) in [5.41, 5.74) is 13.1. The lowest BCUT2D eigenvalue weighted by Gasteiger charge is -2.11. The van der Waals surface area contributed by atoms with Gasteiger partial charge in [-0.3, -0.25) is 4.98 Å². The Hall–Kier alpha value is -3.14. The Morgan fingerprint density at radius 1 is 0.903 bits per heavy atom. The van der Waals surface area contributed by atoms with Gasteiger partial charge in [0.05, 0.1) is 12.6 Å². The van der Waals surface area contributed by atoms with Crippen LogP contribution in [0.25, 0.3) is 21.8 Å². The number of aryl methyl sites for hydroxylation is 4. The second kappa shape index (κ2) is 9.34. The van der Waals surface area contributed by atoms with Crippen molar-refractivity contribution < 1.29 is 4.74 Å². The van der Waals surface area contributed by atoms with E-state index in [9.17, 15) is 0 Å². The van der Waals surface area contributed by atoms with Gasteiger partial charge < -0.3 is 10.5 Å². The number of hydrogen-bond acceptors (Lipinski definition) is 4. The molecule has 160 valence electrons. The van der Waals surface area contributed by atoms with Crippen LogP contribution in [0.15, 0.2) is 48.7 Å². The van der Waals surface area contributed by atoms with Crippen LogP contribution in [-0.4, -0.2) is 17.1 Å². The minimum Gasteiger partial charge on any atom is -0.497 e. The average Bonchev–Trinajstić information content (AvgIpc) is 2.78. The third-order valence-corrected chi connectivity index (χ3v) is 6.08. The molecule has 0 amide bonds. The highest BCUT2D eigenvalue weighted by Crippen LogP contribution is 2.29. The molecule has 4 rings (SSSR count). The number of anilines is 1. The molecule has 0 aliphatic rings. The topological polar surface area (TPSA) is 61.0 Å². The summed E-state index contributed by atoms with van der Waals surface area (Å²) in [6.07, 6.45) is 8.60. The standard InChI is InChI=1S/C27H31N3O/c1-4-5-6-7-19-9-13-23-24-15-20(17-29-26(24)27(28)30-25(23)16-19)8-10-21-11-12-22(31-3)14-18(21)2/h9,11-17H,4-8,10H2,1-3H3,(H2,28,30). The zero-order valence-corrected chi connectivity index (χ0v) is 18.7. The highest BCUT2D eigenvalue weighted by molar-refractivity contribution is 6.08. The van der Waals surface area contributed by atoms with Gasteiger partial charge in [0.2, 0.25) is 0 Å². The molecule has 0 saturated heterocycles. The molecule has 0 atom stereocenters. The fraction of sp³-hybridized carbons (Fsp3) is 0.333. The molecule has 0 aliphatic carbocycles. The lowest BCUT2D eigenvalue weighted by atomic mass is 9.99. The van der Waals surface area contributed by atoms with E-state index in [4.69, 9.17) is 10.5 Å². The summed E-state index contributed by atoms with van der Waals surface area (Å²) in [5.74, 6) is 1.41. The molecule has 2 N–H and O–H groups in total. The predicted molar refractivity (Wildman–Crippen MR) is 130 cm³/mol. The first-order chi connectivity index (χ1) is 15.1. The summed E-state index contributed by atoms with van der Waals surface area (Å²) in [7, 11) is 1.70. The molecule has 31 heavy (non-hydrogen) atoms. The molecule has 2 aromatic heterocycles. The van der Waals surface area contributed by atoms with E-state index in [-0.39, 0.29) is 0 Å². The van der Waals surface area contributed by atoms with Gasteiger partial charge in [0.15, 0.2) is 5.82 Å². The summed E-state index contributed by atoms with van der Waals surface area (Å²) in [6.45, 7) is 4.36. The van der Waals surface area contributed by atoms with E-state index >= 15 is 0 Å². The molecule has 0 radical (unpaired) electrons. The average molecular weight is 414 g/mol. The number of nitrogen functional groups attached to an aromatic ring is 1. The molecule has 4 nitrogen and oxygen atoms in total. The van der Waals surface area contributed by atoms with Gasteiger partial charge in [-0.2, -0.15) is 0 Å². The Labute approximate surface area is 184 Å². The fourth-order valence-corrected chi connectivity index (χ4v) is 4.22. The van der Waals surface area contributed by atoms with Gasteiger partial charge in [-0.05, 0) is 79.1 Å². The van der Waals surface area contributed by atoms with E-state index in [1.807, 2.05) is 12.3 Å². The van der Waals surface area contributed by atoms with Crippen molar-refractivity contribution in [3.8, 4) is 5.75 Å². The number of nitrogens with two attached hydrogens (primary N) is 1. The van der Waals surface area contributed by atoms with E-state index in [2.05, 4.69) is 60.2 Å². The summed E-state index contributed by atoms with van der Waals surface area (Å²) in [5, 5.41) is 2.21. The van der Waals surface area contributed by atoms with E-state index < -0.39 is 0 Å². The normalized spacial score (nSPS) is 11.3. The van der Waals surface area contributed by atoms with E-state index in [1.165, 1.54) is 41.5 Å². The third-order valence-electron chi connectivity index (χ3n) is 6.08. The maximum atomic E-state index is 6.27. The highest BCUT2D eigenvalue weighted by atomic mass is 16.5.